The predicted octanol–water partition coefficient (Wildman–Crippen LogP) is 1.09. The van der Waals surface area contributed by atoms with Gasteiger partial charge in [-0.05, 0) is 24.2 Å². The number of aromatic carboxylic acids is 1. The van der Waals surface area contributed by atoms with Crippen LogP contribution in [-0.2, 0) is 0 Å². The Hall–Kier alpha value is -1.51. The van der Waals surface area contributed by atoms with Gasteiger partial charge in [0.1, 0.15) is 5.75 Å². The van der Waals surface area contributed by atoms with Gasteiger partial charge in [-0.3, -0.25) is 0 Å². The monoisotopic (exact) mass is 143 g/mol. The van der Waals surface area contributed by atoms with Gasteiger partial charge in [0.05, 0.1) is 11.0 Å². The summed E-state index contributed by atoms with van der Waals surface area (Å²) in [5.74, 6) is -2.14. The minimum atomic E-state index is -1.55. The third-order valence-electron chi connectivity index (χ3n) is 0.816. The van der Waals surface area contributed by atoms with Crippen LogP contribution in [0.3, 0.4) is 0 Å². The van der Waals surface area contributed by atoms with E-state index in [4.69, 9.17) is 12.0 Å². The first-order chi connectivity index (χ1) is 6.91. The third kappa shape index (κ3) is 1.25. The second-order valence-electron chi connectivity index (χ2n) is 1.51. The summed E-state index contributed by atoms with van der Waals surface area (Å²) in [4.78, 5) is 10.7. The van der Waals surface area contributed by atoms with Crippen LogP contribution in [0.5, 0.6) is 5.75 Å². The van der Waals surface area contributed by atoms with E-state index in [1.807, 2.05) is 0 Å². The van der Waals surface area contributed by atoms with Crippen molar-refractivity contribution < 1.29 is 20.5 Å². The molecule has 10 heavy (non-hydrogen) atoms. The maximum absolute atomic E-state index is 10.7. The van der Waals surface area contributed by atoms with Crippen molar-refractivity contribution >= 4 is 5.97 Å². The van der Waals surface area contributed by atoms with Crippen LogP contribution in [0.15, 0.2) is 24.2 Å². The van der Waals surface area contributed by atoms with E-state index in [-0.39, 0.29) is 0 Å². The molecule has 0 aliphatic carbocycles. The summed E-state index contributed by atoms with van der Waals surface area (Å²) in [5, 5.41) is 12.6. The van der Waals surface area contributed by atoms with Crippen molar-refractivity contribution in [2.45, 2.75) is 0 Å². The Kier molecular flexibility index (Phi) is 0.625. The number of hydrogen-bond donors (Lipinski definition) is 2. The Bertz CT molecular complexity index is 402. The van der Waals surface area contributed by atoms with Crippen molar-refractivity contribution in [3.05, 3.63) is 29.7 Å². The van der Waals surface area contributed by atoms with Crippen molar-refractivity contribution in [3.63, 3.8) is 0 Å². The molecule has 0 unspecified atom stereocenters. The molecule has 0 radical (unpaired) electrons. The van der Waals surface area contributed by atoms with Gasteiger partial charge < -0.3 is 10.2 Å². The largest absolute Gasteiger partial charge is 0.508 e. The minimum Gasteiger partial charge on any atom is -0.508 e. The number of phenols is 1. The second-order valence-corrected chi connectivity index (χ2v) is 1.51. The van der Waals surface area contributed by atoms with Gasteiger partial charge in [-0.2, -0.15) is 0 Å². The van der Waals surface area contributed by atoms with E-state index < -0.39 is 41.5 Å². The summed E-state index contributed by atoms with van der Waals surface area (Å²) >= 11 is 0. The number of carboxylic acid groups (broad SMARTS) is 1. The molecule has 0 aromatic heterocycles. The molecule has 0 amide bonds. The van der Waals surface area contributed by atoms with E-state index in [1.165, 1.54) is 0 Å². The average molecular weight is 143 g/mol. The second kappa shape index (κ2) is 2.39. The highest BCUT2D eigenvalue weighted by molar-refractivity contribution is 5.87. The molecule has 0 atom stereocenters. The van der Waals surface area contributed by atoms with Gasteiger partial charge >= 0.3 is 5.97 Å². The maximum atomic E-state index is 10.7. The average Bonchev–Trinajstić information content (AvgIpc) is 2.16. The molecule has 1 rings (SSSR count). The Morgan fingerprint density at radius 1 is 1.50 bits per heavy atom. The van der Waals surface area contributed by atoms with Gasteiger partial charge in [0.25, 0.3) is 1.43 Å². The first-order valence-corrected chi connectivity index (χ1v) is 2.38. The zero-order valence-corrected chi connectivity index (χ0v) is 4.76. The van der Waals surface area contributed by atoms with Gasteiger partial charge in [-0.15, -0.1) is 0 Å². The van der Waals surface area contributed by atoms with Crippen LogP contribution in [0.2, 0.25) is 0 Å². The smallest absolute Gasteiger partial charge is 0.335 e. The number of phenolic OH excluding ortho intramolecular Hbond substituents is 1. The highest BCUT2D eigenvalue weighted by atomic mass is 16.4. The number of aromatic hydroxyl groups is 1. The summed E-state index contributed by atoms with van der Waals surface area (Å²) < 4.78 is 35.6. The molecular weight excluding hydrogens is 132 g/mol. The fraction of sp³-hybridized carbons (Fsp3) is 0. The standard InChI is InChI=1S/C7H6O3/c8-6-3-1-5(2-4-6)7(9)10/h1-4,8H,(H,9,10)/i1D,2D,3D,4D/hD. The van der Waals surface area contributed by atoms with Gasteiger partial charge in [0.2, 0.25) is 0 Å². The van der Waals surface area contributed by atoms with Crippen LogP contribution in [0.4, 0.5) is 0 Å². The Morgan fingerprint density at radius 3 is 2.50 bits per heavy atom. The summed E-state index contributed by atoms with van der Waals surface area (Å²) in [7, 11) is 0. The SMILES string of the molecule is [2H]Oc1c([2H])c([2H])c(C(=O)O)c([2H])c1[2H]. The van der Waals surface area contributed by atoms with E-state index in [9.17, 15) is 4.79 Å². The number of hydrogen-bond acceptors (Lipinski definition) is 2. The fourth-order valence-corrected chi connectivity index (χ4v) is 0.408. The molecule has 3 nitrogen and oxygen atoms in total. The van der Waals surface area contributed by atoms with Gasteiger partial charge in [0, 0.05) is 0 Å². The first-order valence-electron chi connectivity index (χ1n) is 4.79. The van der Waals surface area contributed by atoms with Gasteiger partial charge in [-0.1, -0.05) is 0 Å². The van der Waals surface area contributed by atoms with Crippen molar-refractivity contribution in [1.29, 1.82) is 1.43 Å². The molecule has 0 saturated heterocycles. The Labute approximate surface area is 64.7 Å². The van der Waals surface area contributed by atoms with E-state index >= 15 is 0 Å². The van der Waals surface area contributed by atoms with E-state index in [1.54, 1.807) is 0 Å². The minimum absolute atomic E-state index is 0.588. The third-order valence-corrected chi connectivity index (χ3v) is 0.816. The maximum Gasteiger partial charge on any atom is 0.335 e. The van der Waals surface area contributed by atoms with Gasteiger partial charge in [-0.25, -0.2) is 4.79 Å². The van der Waals surface area contributed by atoms with E-state index in [0.717, 1.165) is 0 Å². The number of benzene rings is 1. The predicted molar refractivity (Wildman–Crippen MR) is 35.1 cm³/mol. The van der Waals surface area contributed by atoms with Crippen molar-refractivity contribution in [1.82, 2.24) is 0 Å². The van der Waals surface area contributed by atoms with Crippen molar-refractivity contribution in [2.75, 3.05) is 0 Å². The fourth-order valence-electron chi connectivity index (χ4n) is 0.408. The lowest BCUT2D eigenvalue weighted by atomic mass is 10.2. The molecule has 0 aliphatic rings. The Balaban J connectivity index is 3.66. The molecule has 0 heterocycles. The molecule has 52 valence electrons. The van der Waals surface area contributed by atoms with Crippen LogP contribution < -0.4 is 0 Å². The normalized spacial score (nSPS) is 15.8. The molecule has 0 saturated carbocycles. The highest BCUT2D eigenvalue weighted by Gasteiger charge is 1.99. The van der Waals surface area contributed by atoms with Gasteiger partial charge in [0.15, 0.2) is 0 Å². The van der Waals surface area contributed by atoms with Crippen LogP contribution in [0.25, 0.3) is 0 Å². The van der Waals surface area contributed by atoms with Crippen LogP contribution >= 0.6 is 0 Å². The summed E-state index contributed by atoms with van der Waals surface area (Å²) in [6, 6.07) is -2.82. The van der Waals surface area contributed by atoms with Crippen molar-refractivity contribution in [3.8, 4) is 5.75 Å². The summed E-state index contributed by atoms with van der Waals surface area (Å²) in [6.07, 6.45) is 0. The molecule has 0 aliphatic heterocycles. The summed E-state index contributed by atoms with van der Waals surface area (Å²) in [6.45, 7) is 0. The topological polar surface area (TPSA) is 57.5 Å². The quantitative estimate of drug-likeness (QED) is 0.651. The molecule has 3 heteroatoms. The molecule has 1 aromatic carbocycles. The number of carbonyl (C=O) groups is 1. The molecule has 0 bridgehead atoms. The first kappa shape index (κ1) is 2.62. The zero-order chi connectivity index (χ0) is 11.7. The molecule has 1 aromatic rings. The Morgan fingerprint density at radius 2 is 2.10 bits per heavy atom. The molecule has 0 spiro atoms. The molecule has 0 fully saturated rings. The van der Waals surface area contributed by atoms with Crippen LogP contribution in [0.1, 0.15) is 15.8 Å². The molecule has 2 N–H and O–H groups in total. The summed E-state index contributed by atoms with van der Waals surface area (Å²) in [5.41, 5.74) is -0.731. The lowest BCUT2D eigenvalue weighted by Crippen LogP contribution is -1.93. The van der Waals surface area contributed by atoms with Crippen molar-refractivity contribution in [2.24, 2.45) is 0 Å². The lowest BCUT2D eigenvalue weighted by Gasteiger charge is -1.92. The molecular formula is C7H6O3. The zero-order valence-electron chi connectivity index (χ0n) is 9.76. The van der Waals surface area contributed by atoms with E-state index in [2.05, 4.69) is 5.11 Å². The van der Waals surface area contributed by atoms with Crippen LogP contribution in [-0.4, -0.2) is 17.6 Å². The lowest BCUT2D eigenvalue weighted by molar-refractivity contribution is 0.0697. The van der Waals surface area contributed by atoms with E-state index in [0.29, 0.717) is 0 Å². The van der Waals surface area contributed by atoms with Crippen LogP contribution in [0, 0.1) is 0 Å². The number of rotatable bonds is 2. The number of carboxylic acids is 1. The highest BCUT2D eigenvalue weighted by Crippen LogP contribution is 2.08.